The molecule has 0 bridgehead atoms. The van der Waals surface area contributed by atoms with Gasteiger partial charge in [-0.05, 0) is 31.5 Å². The lowest BCUT2D eigenvalue weighted by Gasteiger charge is -2.35. The molecule has 2 N–H and O–H groups in total. The number of nitrogens with zero attached hydrogens (tertiary/aromatic N) is 3. The van der Waals surface area contributed by atoms with Crippen LogP contribution in [0, 0.1) is 13.8 Å². The fourth-order valence-electron chi connectivity index (χ4n) is 3.41. The Balaban J connectivity index is 1.57. The summed E-state index contributed by atoms with van der Waals surface area (Å²) in [5.74, 6) is 0.801. The molecule has 1 saturated heterocycles. The molecule has 0 radical (unpaired) electrons. The van der Waals surface area contributed by atoms with Gasteiger partial charge in [-0.25, -0.2) is 4.98 Å². The van der Waals surface area contributed by atoms with Crippen molar-refractivity contribution in [1.29, 1.82) is 0 Å². The van der Waals surface area contributed by atoms with Crippen LogP contribution in [0.3, 0.4) is 0 Å². The number of nitrogens with one attached hydrogen (secondary N) is 2. The van der Waals surface area contributed by atoms with Gasteiger partial charge in [-0.1, -0.05) is 23.7 Å². The number of halogens is 1. The highest BCUT2D eigenvalue weighted by molar-refractivity contribution is 7.11. The van der Waals surface area contributed by atoms with E-state index >= 15 is 0 Å². The van der Waals surface area contributed by atoms with Crippen LogP contribution in [0.15, 0.2) is 29.3 Å². The summed E-state index contributed by atoms with van der Waals surface area (Å²) < 4.78 is 5.53. The summed E-state index contributed by atoms with van der Waals surface area (Å²) in [4.78, 5) is 12.7. The van der Waals surface area contributed by atoms with Crippen molar-refractivity contribution in [1.82, 2.24) is 20.5 Å². The number of morpholine rings is 1. The van der Waals surface area contributed by atoms with Gasteiger partial charge in [0.15, 0.2) is 5.96 Å². The summed E-state index contributed by atoms with van der Waals surface area (Å²) in [5, 5.41) is 8.81. The van der Waals surface area contributed by atoms with E-state index in [1.54, 1.807) is 18.4 Å². The molecular formula is C21H30ClN5OS. The molecule has 0 aliphatic carbocycles. The van der Waals surface area contributed by atoms with Crippen LogP contribution in [0.4, 0.5) is 0 Å². The first kappa shape index (κ1) is 22.0. The molecule has 1 aliphatic rings. The zero-order chi connectivity index (χ0) is 20.6. The fraction of sp³-hybridized carbons (Fsp3) is 0.524. The highest BCUT2D eigenvalue weighted by Gasteiger charge is 2.23. The molecule has 0 spiro atoms. The third-order valence-corrected chi connectivity index (χ3v) is 6.48. The van der Waals surface area contributed by atoms with E-state index in [2.05, 4.69) is 45.4 Å². The van der Waals surface area contributed by atoms with E-state index in [1.165, 1.54) is 10.4 Å². The predicted octanol–water partition coefficient (Wildman–Crippen LogP) is 3.19. The van der Waals surface area contributed by atoms with Crippen molar-refractivity contribution in [2.24, 2.45) is 4.99 Å². The largest absolute Gasteiger partial charge is 0.379 e. The second-order valence-corrected chi connectivity index (χ2v) is 8.82. The molecule has 29 heavy (non-hydrogen) atoms. The van der Waals surface area contributed by atoms with E-state index in [4.69, 9.17) is 16.3 Å². The third-order valence-electron chi connectivity index (χ3n) is 5.11. The van der Waals surface area contributed by atoms with E-state index < -0.39 is 0 Å². The Kier molecular flexibility index (Phi) is 8.29. The Hall–Kier alpha value is -1.67. The Bertz CT molecular complexity index is 800. The van der Waals surface area contributed by atoms with Gasteiger partial charge in [0.1, 0.15) is 0 Å². The number of hydrogen-bond acceptors (Lipinski definition) is 5. The van der Waals surface area contributed by atoms with Crippen LogP contribution in [0.5, 0.6) is 0 Å². The molecule has 2 aromatic rings. The normalized spacial score (nSPS) is 16.6. The molecule has 1 aliphatic heterocycles. The zero-order valence-corrected chi connectivity index (χ0v) is 18.9. The molecule has 1 aromatic heterocycles. The van der Waals surface area contributed by atoms with Crippen LogP contribution in [0.2, 0.25) is 5.02 Å². The SMILES string of the molecule is CN=C(NCCc1nc(C)c(C)s1)NCC(c1cccc(Cl)c1)N1CCOCC1. The van der Waals surface area contributed by atoms with Crippen LogP contribution < -0.4 is 10.6 Å². The van der Waals surface area contributed by atoms with Gasteiger partial charge >= 0.3 is 0 Å². The minimum Gasteiger partial charge on any atom is -0.379 e. The first-order valence-corrected chi connectivity index (χ1v) is 11.2. The quantitative estimate of drug-likeness (QED) is 0.516. The second kappa shape index (κ2) is 10.9. The van der Waals surface area contributed by atoms with Crippen molar-refractivity contribution >= 4 is 28.9 Å². The molecule has 2 heterocycles. The van der Waals surface area contributed by atoms with Crippen molar-refractivity contribution < 1.29 is 4.74 Å². The maximum absolute atomic E-state index is 6.25. The molecule has 158 valence electrons. The fourth-order valence-corrected chi connectivity index (χ4v) is 4.54. The molecule has 0 amide bonds. The van der Waals surface area contributed by atoms with E-state index in [0.29, 0.717) is 0 Å². The smallest absolute Gasteiger partial charge is 0.191 e. The number of aromatic nitrogens is 1. The van der Waals surface area contributed by atoms with Gasteiger partial charge in [-0.2, -0.15) is 0 Å². The van der Waals surface area contributed by atoms with Crippen LogP contribution in [-0.4, -0.2) is 62.3 Å². The molecule has 0 saturated carbocycles. The van der Waals surface area contributed by atoms with Crippen LogP contribution >= 0.6 is 22.9 Å². The first-order valence-electron chi connectivity index (χ1n) is 10.0. The molecule has 1 fully saturated rings. The zero-order valence-electron chi connectivity index (χ0n) is 17.4. The monoisotopic (exact) mass is 435 g/mol. The van der Waals surface area contributed by atoms with Gasteiger partial charge in [0.2, 0.25) is 0 Å². The highest BCUT2D eigenvalue weighted by Crippen LogP contribution is 2.24. The maximum Gasteiger partial charge on any atom is 0.191 e. The number of rotatable bonds is 7. The third kappa shape index (κ3) is 6.40. The van der Waals surface area contributed by atoms with Crippen molar-refractivity contribution in [2.75, 3.05) is 46.4 Å². The number of thiazole rings is 1. The van der Waals surface area contributed by atoms with Gasteiger partial charge in [0, 0.05) is 49.5 Å². The lowest BCUT2D eigenvalue weighted by molar-refractivity contribution is 0.0170. The average Bonchev–Trinajstić information content (AvgIpc) is 3.05. The maximum atomic E-state index is 6.25. The second-order valence-electron chi connectivity index (χ2n) is 7.10. The van der Waals surface area contributed by atoms with Gasteiger partial charge in [0.05, 0.1) is 30.0 Å². The summed E-state index contributed by atoms with van der Waals surface area (Å²) in [7, 11) is 1.80. The predicted molar refractivity (Wildman–Crippen MR) is 121 cm³/mol. The van der Waals surface area contributed by atoms with Gasteiger partial charge in [-0.3, -0.25) is 9.89 Å². The van der Waals surface area contributed by atoms with E-state index in [1.807, 2.05) is 18.2 Å². The number of ether oxygens (including phenoxy) is 1. The number of hydrogen-bond donors (Lipinski definition) is 2. The van der Waals surface area contributed by atoms with Gasteiger partial charge < -0.3 is 15.4 Å². The van der Waals surface area contributed by atoms with E-state index in [-0.39, 0.29) is 6.04 Å². The minimum atomic E-state index is 0.209. The first-order chi connectivity index (χ1) is 14.1. The standard InChI is InChI=1S/C21H30ClN5OS/c1-15-16(2)29-20(26-15)7-8-24-21(23-3)25-14-19(27-9-11-28-12-10-27)17-5-4-6-18(22)13-17/h4-6,13,19H,7-12,14H2,1-3H3,(H2,23,24,25). The Morgan fingerprint density at radius 3 is 2.76 bits per heavy atom. The van der Waals surface area contributed by atoms with Gasteiger partial charge in [0.25, 0.3) is 0 Å². The topological polar surface area (TPSA) is 61.8 Å². The molecule has 1 atom stereocenters. The van der Waals surface area contributed by atoms with E-state index in [9.17, 15) is 0 Å². The van der Waals surface area contributed by atoms with Crippen molar-refractivity contribution in [3.8, 4) is 0 Å². The summed E-state index contributed by atoms with van der Waals surface area (Å²) in [6.45, 7) is 9.06. The number of aliphatic imine (C=N–C) groups is 1. The van der Waals surface area contributed by atoms with Crippen molar-refractivity contribution in [3.63, 3.8) is 0 Å². The summed E-state index contributed by atoms with van der Waals surface area (Å²) in [5.41, 5.74) is 2.33. The molecule has 1 unspecified atom stereocenters. The molecule has 3 rings (SSSR count). The summed E-state index contributed by atoms with van der Waals surface area (Å²) >= 11 is 8.02. The van der Waals surface area contributed by atoms with Crippen molar-refractivity contribution in [2.45, 2.75) is 26.3 Å². The molecule has 6 nitrogen and oxygen atoms in total. The van der Waals surface area contributed by atoms with Crippen LogP contribution in [-0.2, 0) is 11.2 Å². The Labute approximate surface area is 182 Å². The summed E-state index contributed by atoms with van der Waals surface area (Å²) in [6, 6.07) is 8.32. The molecular weight excluding hydrogens is 406 g/mol. The lowest BCUT2D eigenvalue weighted by Crippen LogP contribution is -2.46. The van der Waals surface area contributed by atoms with Crippen LogP contribution in [0.25, 0.3) is 0 Å². The Morgan fingerprint density at radius 1 is 1.31 bits per heavy atom. The average molecular weight is 436 g/mol. The summed E-state index contributed by atoms with van der Waals surface area (Å²) in [6.07, 6.45) is 0.890. The lowest BCUT2D eigenvalue weighted by atomic mass is 10.0. The number of guanidine groups is 1. The van der Waals surface area contributed by atoms with Crippen LogP contribution in [0.1, 0.15) is 27.2 Å². The number of benzene rings is 1. The minimum absolute atomic E-state index is 0.209. The molecule has 1 aromatic carbocycles. The molecule has 8 heteroatoms. The highest BCUT2D eigenvalue weighted by atomic mass is 35.5. The number of aryl methyl sites for hydroxylation is 2. The van der Waals surface area contributed by atoms with E-state index in [0.717, 1.165) is 67.5 Å². The van der Waals surface area contributed by atoms with Gasteiger partial charge in [-0.15, -0.1) is 11.3 Å². The Morgan fingerprint density at radius 2 is 2.10 bits per heavy atom. The van der Waals surface area contributed by atoms with Crippen molar-refractivity contribution in [3.05, 3.63) is 50.4 Å².